The maximum absolute atomic E-state index is 9.34. The molecule has 1 fully saturated rings. The van der Waals surface area contributed by atoms with Crippen molar-refractivity contribution < 1.29 is 5.11 Å². The normalized spacial score (nSPS) is 27.6. The summed E-state index contributed by atoms with van der Waals surface area (Å²) in [5.74, 6) is 0. The molecule has 1 N–H and O–H groups in total. The largest absolute Gasteiger partial charge is 0.408 e. The Balaban J connectivity index is 2.33. The van der Waals surface area contributed by atoms with E-state index in [1.54, 1.807) is 0 Å². The third-order valence-electron chi connectivity index (χ3n) is 1.72. The van der Waals surface area contributed by atoms with Gasteiger partial charge < -0.3 is 5.11 Å². The van der Waals surface area contributed by atoms with Crippen molar-refractivity contribution in [2.75, 3.05) is 0 Å². The van der Waals surface area contributed by atoms with E-state index in [1.165, 1.54) is 19.3 Å². The lowest BCUT2D eigenvalue weighted by molar-refractivity contribution is 0.0857. The van der Waals surface area contributed by atoms with Crippen LogP contribution in [0.25, 0.3) is 0 Å². The summed E-state index contributed by atoms with van der Waals surface area (Å²) in [7, 11) is 0. The molecule has 0 aromatic heterocycles. The number of hydrogen-bond acceptors (Lipinski definition) is 1. The van der Waals surface area contributed by atoms with Gasteiger partial charge in [0.2, 0.25) is 0 Å². The zero-order chi connectivity index (χ0) is 6.04. The van der Waals surface area contributed by atoms with Crippen molar-refractivity contribution in [3.05, 3.63) is 0 Å². The van der Waals surface area contributed by atoms with Crippen LogP contribution in [0.1, 0.15) is 32.1 Å². The second-order valence-corrected chi connectivity index (χ2v) is 3.74. The van der Waals surface area contributed by atoms with Gasteiger partial charge in [0.25, 0.3) is 0 Å². The molecule has 0 aromatic carbocycles. The van der Waals surface area contributed by atoms with Gasteiger partial charge in [0, 0.05) is 0 Å². The van der Waals surface area contributed by atoms with Crippen LogP contribution < -0.4 is 0 Å². The van der Waals surface area contributed by atoms with Crippen LogP contribution >= 0.6 is 0 Å². The molecular weight excluding hydrogens is 115 g/mol. The van der Waals surface area contributed by atoms with Crippen LogP contribution in [0.4, 0.5) is 0 Å². The van der Waals surface area contributed by atoms with Gasteiger partial charge in [-0.1, -0.05) is 19.3 Å². The van der Waals surface area contributed by atoms with Crippen molar-refractivity contribution in [3.63, 3.8) is 0 Å². The molecule has 1 rings (SSSR count). The Morgan fingerprint density at radius 2 is 1.62 bits per heavy atom. The van der Waals surface area contributed by atoms with Gasteiger partial charge in [-0.05, 0) is 17.3 Å². The fourth-order valence-corrected chi connectivity index (χ4v) is 1.57. The van der Waals surface area contributed by atoms with Crippen LogP contribution in [0, 0.1) is 0 Å². The third kappa shape index (κ3) is 1.78. The Hall–Kier alpha value is 0.492. The average Bonchev–Trinajstić information content (AvgIpc) is 1.65. The maximum atomic E-state index is 9.34. The SMILES string of the molecule is O[C]1([Al])CCCCC1. The van der Waals surface area contributed by atoms with Crippen LogP contribution in [0.2, 0.25) is 0 Å². The predicted octanol–water partition coefficient (Wildman–Crippen LogP) is 0.808. The van der Waals surface area contributed by atoms with E-state index in [0.29, 0.717) is 0 Å². The number of rotatable bonds is 0. The minimum absolute atomic E-state index is 0.405. The molecule has 0 spiro atoms. The quantitative estimate of drug-likeness (QED) is 0.476. The van der Waals surface area contributed by atoms with Crippen LogP contribution in [0.5, 0.6) is 0 Å². The molecule has 0 heterocycles. The summed E-state index contributed by atoms with van der Waals surface area (Å²) in [4.78, 5) is 0. The first-order chi connectivity index (χ1) is 3.71. The second kappa shape index (κ2) is 2.39. The Kier molecular flexibility index (Phi) is 1.98. The zero-order valence-corrected chi connectivity index (χ0v) is 6.21. The summed E-state index contributed by atoms with van der Waals surface area (Å²) in [6.45, 7) is 0. The first kappa shape index (κ1) is 6.61. The molecule has 0 amide bonds. The Morgan fingerprint density at radius 3 is 1.88 bits per heavy atom. The minimum atomic E-state index is -0.405. The summed E-state index contributed by atoms with van der Waals surface area (Å²) in [5.41, 5.74) is 0. The van der Waals surface area contributed by atoms with E-state index in [1.807, 2.05) is 0 Å². The summed E-state index contributed by atoms with van der Waals surface area (Å²) >= 11 is 2.52. The van der Waals surface area contributed by atoms with E-state index in [-0.39, 0.29) is 0 Å². The Bertz CT molecular complexity index is 72.6. The maximum Gasteiger partial charge on any atom is 0.176 e. The van der Waals surface area contributed by atoms with E-state index in [2.05, 4.69) is 16.3 Å². The molecule has 0 aromatic rings. The predicted molar refractivity (Wildman–Crippen MR) is 33.8 cm³/mol. The van der Waals surface area contributed by atoms with E-state index in [0.717, 1.165) is 12.8 Å². The fraction of sp³-hybridized carbons (Fsp3) is 1.00. The molecule has 0 aliphatic heterocycles. The number of hydrogen-bond donors (Lipinski definition) is 1. The molecule has 8 heavy (non-hydrogen) atoms. The van der Waals surface area contributed by atoms with Gasteiger partial charge in [0.1, 0.15) is 0 Å². The molecule has 0 unspecified atom stereocenters. The van der Waals surface area contributed by atoms with Crippen molar-refractivity contribution in [1.82, 2.24) is 0 Å². The van der Waals surface area contributed by atoms with Gasteiger partial charge in [-0.2, -0.15) is 0 Å². The highest BCUT2D eigenvalue weighted by molar-refractivity contribution is 6.14. The molecule has 1 nitrogen and oxygen atoms in total. The average molecular weight is 126 g/mol. The highest BCUT2D eigenvalue weighted by Gasteiger charge is 2.20. The molecule has 0 atom stereocenters. The highest BCUT2D eigenvalue weighted by atomic mass is 27.0. The van der Waals surface area contributed by atoms with Crippen LogP contribution in [-0.4, -0.2) is 25.9 Å². The first-order valence-electron chi connectivity index (χ1n) is 3.22. The number of aliphatic hydroxyl groups is 1. The van der Waals surface area contributed by atoms with E-state index in [9.17, 15) is 5.11 Å². The summed E-state index contributed by atoms with van der Waals surface area (Å²) < 4.78 is -0.405. The van der Waals surface area contributed by atoms with E-state index < -0.39 is 4.46 Å². The fourth-order valence-electron chi connectivity index (χ4n) is 1.16. The summed E-state index contributed by atoms with van der Waals surface area (Å²) in [5, 5.41) is 9.34. The van der Waals surface area contributed by atoms with Crippen LogP contribution in [-0.2, 0) is 0 Å². The summed E-state index contributed by atoms with van der Waals surface area (Å²) in [6.07, 6.45) is 5.63. The van der Waals surface area contributed by atoms with Gasteiger partial charge in [0.15, 0.2) is 16.3 Å². The van der Waals surface area contributed by atoms with Crippen molar-refractivity contribution in [2.24, 2.45) is 0 Å². The lowest BCUT2D eigenvalue weighted by Gasteiger charge is -2.28. The van der Waals surface area contributed by atoms with Gasteiger partial charge in [0.05, 0.1) is 0 Å². The topological polar surface area (TPSA) is 20.2 Å². The van der Waals surface area contributed by atoms with Crippen molar-refractivity contribution in [2.45, 2.75) is 36.6 Å². The van der Waals surface area contributed by atoms with Gasteiger partial charge in [-0.3, -0.25) is 0 Å². The van der Waals surface area contributed by atoms with Crippen molar-refractivity contribution >= 4 is 16.3 Å². The Morgan fingerprint density at radius 1 is 1.12 bits per heavy atom. The molecule has 2 heteroatoms. The third-order valence-corrected chi connectivity index (χ3v) is 2.30. The molecule has 0 saturated heterocycles. The monoisotopic (exact) mass is 126 g/mol. The molecule has 44 valence electrons. The molecule has 1 aliphatic rings. The smallest absolute Gasteiger partial charge is 0.176 e. The standard InChI is InChI=1S/C6H11O.Al/c7-6-4-2-1-3-5-6;/h7H,1-5H2;. The Labute approximate surface area is 58.5 Å². The van der Waals surface area contributed by atoms with Gasteiger partial charge in [-0.25, -0.2) is 0 Å². The van der Waals surface area contributed by atoms with Crippen molar-refractivity contribution in [1.29, 1.82) is 0 Å². The molecule has 1 saturated carbocycles. The van der Waals surface area contributed by atoms with Gasteiger partial charge in [-0.15, -0.1) is 0 Å². The van der Waals surface area contributed by atoms with Crippen molar-refractivity contribution in [3.8, 4) is 0 Å². The van der Waals surface area contributed by atoms with Crippen LogP contribution in [0.15, 0.2) is 0 Å². The zero-order valence-electron chi connectivity index (χ0n) is 5.06. The lowest BCUT2D eigenvalue weighted by atomic mass is 9.97. The van der Waals surface area contributed by atoms with E-state index >= 15 is 0 Å². The molecular formula is C6H11AlO. The van der Waals surface area contributed by atoms with Crippen LogP contribution in [0.3, 0.4) is 0 Å². The van der Waals surface area contributed by atoms with Gasteiger partial charge >= 0.3 is 0 Å². The second-order valence-electron chi connectivity index (χ2n) is 2.66. The molecule has 0 bridgehead atoms. The van der Waals surface area contributed by atoms with E-state index in [4.69, 9.17) is 0 Å². The summed E-state index contributed by atoms with van der Waals surface area (Å²) in [6, 6.07) is 0. The highest BCUT2D eigenvalue weighted by Crippen LogP contribution is 2.24. The first-order valence-corrected chi connectivity index (χ1v) is 3.80. The molecule has 2 radical (unpaired) electrons. The lowest BCUT2D eigenvalue weighted by Crippen LogP contribution is -2.31. The minimum Gasteiger partial charge on any atom is -0.408 e. The molecule has 1 aliphatic carbocycles.